The van der Waals surface area contributed by atoms with Crippen LogP contribution in [-0.2, 0) is 12.8 Å². The van der Waals surface area contributed by atoms with E-state index in [1.54, 1.807) is 19.2 Å². The average molecular weight is 458 g/mol. The number of rotatable bonds is 5. The molecule has 1 aliphatic heterocycles. The van der Waals surface area contributed by atoms with E-state index in [1.165, 1.54) is 24.2 Å². The maximum atomic E-state index is 12.6. The fraction of sp³-hybridized carbons (Fsp3) is 0.370. The number of urea groups is 1. The zero-order valence-electron chi connectivity index (χ0n) is 20.2. The molecule has 2 aliphatic rings. The van der Waals surface area contributed by atoms with Gasteiger partial charge in [-0.05, 0) is 68.5 Å². The van der Waals surface area contributed by atoms with Gasteiger partial charge in [0.05, 0.1) is 30.2 Å². The van der Waals surface area contributed by atoms with Crippen molar-refractivity contribution in [2.24, 2.45) is 5.10 Å². The molecule has 1 aliphatic carbocycles. The van der Waals surface area contributed by atoms with Gasteiger partial charge in [0.1, 0.15) is 5.75 Å². The molecule has 1 unspecified atom stereocenters. The first-order valence-corrected chi connectivity index (χ1v) is 12.0. The molecule has 34 heavy (non-hydrogen) atoms. The van der Waals surface area contributed by atoms with E-state index in [-0.39, 0.29) is 12.1 Å². The molecule has 0 spiro atoms. The number of methoxy groups -OCH3 is 1. The predicted octanol–water partition coefficient (Wildman–Crippen LogP) is 4.66. The third-order valence-corrected chi connectivity index (χ3v) is 6.68. The van der Waals surface area contributed by atoms with Crippen LogP contribution in [0.25, 0.3) is 5.69 Å². The summed E-state index contributed by atoms with van der Waals surface area (Å²) in [4.78, 5) is 12.6. The summed E-state index contributed by atoms with van der Waals surface area (Å²) in [5.41, 5.74) is 7.26. The second kappa shape index (κ2) is 8.97. The van der Waals surface area contributed by atoms with E-state index in [2.05, 4.69) is 53.3 Å². The van der Waals surface area contributed by atoms with E-state index in [1.807, 2.05) is 19.1 Å². The Bertz CT molecular complexity index is 1240. The lowest BCUT2D eigenvalue weighted by Crippen LogP contribution is -2.41. The number of nitrogens with zero attached hydrogens (tertiary/aromatic N) is 4. The molecule has 1 atom stereocenters. The molecule has 176 valence electrons. The van der Waals surface area contributed by atoms with Crippen molar-refractivity contribution in [2.45, 2.75) is 51.5 Å². The maximum absolute atomic E-state index is 12.6. The van der Waals surface area contributed by atoms with Crippen LogP contribution >= 0.6 is 0 Å². The molecule has 7 heteroatoms. The molecule has 2 heterocycles. The van der Waals surface area contributed by atoms with Gasteiger partial charge in [0, 0.05) is 29.8 Å². The number of carbonyl (C=O) groups is 1. The highest BCUT2D eigenvalue weighted by molar-refractivity contribution is 6.14. The van der Waals surface area contributed by atoms with Crippen molar-refractivity contribution in [1.82, 2.24) is 20.1 Å². The Kier molecular flexibility index (Phi) is 5.86. The lowest BCUT2D eigenvalue weighted by molar-refractivity contribution is 0.184. The van der Waals surface area contributed by atoms with Crippen molar-refractivity contribution >= 4 is 11.7 Å². The van der Waals surface area contributed by atoms with Crippen LogP contribution in [0.2, 0.25) is 0 Å². The van der Waals surface area contributed by atoms with E-state index >= 15 is 0 Å². The summed E-state index contributed by atoms with van der Waals surface area (Å²) in [5.74, 6) is 1.39. The van der Waals surface area contributed by atoms with Gasteiger partial charge >= 0.3 is 6.03 Å². The number of benzene rings is 2. The smallest absolute Gasteiger partial charge is 0.337 e. The van der Waals surface area contributed by atoms with E-state index < -0.39 is 0 Å². The van der Waals surface area contributed by atoms with Crippen molar-refractivity contribution < 1.29 is 9.53 Å². The monoisotopic (exact) mass is 457 g/mol. The number of fused-ring (bicyclic) bond motifs is 1. The van der Waals surface area contributed by atoms with Crippen LogP contribution in [0.4, 0.5) is 4.79 Å². The van der Waals surface area contributed by atoms with Gasteiger partial charge in [-0.2, -0.15) is 10.2 Å². The summed E-state index contributed by atoms with van der Waals surface area (Å²) in [6.07, 6.45) is 4.11. The molecule has 1 fully saturated rings. The van der Waals surface area contributed by atoms with Crippen LogP contribution in [0.15, 0.2) is 53.6 Å². The standard InChI is InChI=1S/C27H31N5O2/c1-5-21-15-25(18-6-7-18)29-32(21)22-11-8-19(9-12-22)26-24-16-23(34-4)13-10-20(24)14-17(2)31(30-26)27(33)28-3/h8-13,15-18H,5-7,14H2,1-4H3,(H,28,33). The second-order valence-corrected chi connectivity index (χ2v) is 9.07. The van der Waals surface area contributed by atoms with Gasteiger partial charge in [-0.15, -0.1) is 0 Å². The minimum Gasteiger partial charge on any atom is -0.497 e. The predicted molar refractivity (Wildman–Crippen MR) is 133 cm³/mol. The minimum atomic E-state index is -0.224. The summed E-state index contributed by atoms with van der Waals surface area (Å²) in [5, 5.41) is 14.0. The third-order valence-electron chi connectivity index (χ3n) is 6.68. The number of aryl methyl sites for hydroxylation is 1. The Labute approximate surface area is 200 Å². The lowest BCUT2D eigenvalue weighted by atomic mass is 9.94. The first kappa shape index (κ1) is 22.2. The van der Waals surface area contributed by atoms with Crippen LogP contribution in [-0.4, -0.2) is 46.7 Å². The fourth-order valence-corrected chi connectivity index (χ4v) is 4.57. The van der Waals surface area contributed by atoms with Gasteiger partial charge in [-0.1, -0.05) is 25.1 Å². The largest absolute Gasteiger partial charge is 0.497 e. The minimum absolute atomic E-state index is 0.0825. The highest BCUT2D eigenvalue weighted by atomic mass is 16.5. The van der Waals surface area contributed by atoms with Gasteiger partial charge in [0.2, 0.25) is 0 Å². The molecule has 5 rings (SSSR count). The summed E-state index contributed by atoms with van der Waals surface area (Å²) < 4.78 is 7.55. The molecule has 1 aromatic heterocycles. The third kappa shape index (κ3) is 4.06. The van der Waals surface area contributed by atoms with Crippen LogP contribution in [0.3, 0.4) is 0 Å². The quantitative estimate of drug-likeness (QED) is 0.606. The zero-order chi connectivity index (χ0) is 23.8. The maximum Gasteiger partial charge on any atom is 0.337 e. The normalized spacial score (nSPS) is 17.6. The van der Waals surface area contributed by atoms with Crippen LogP contribution in [0.5, 0.6) is 5.75 Å². The number of amides is 2. The summed E-state index contributed by atoms with van der Waals surface area (Å²) in [6, 6.07) is 16.3. The van der Waals surface area contributed by atoms with E-state index in [4.69, 9.17) is 14.9 Å². The SMILES string of the molecule is CCc1cc(C2CC2)nn1-c1ccc(C2=NN(C(=O)NC)C(C)Cc3ccc(OC)cc32)cc1. The summed E-state index contributed by atoms with van der Waals surface area (Å²) in [6.45, 7) is 4.18. The van der Waals surface area contributed by atoms with Crippen molar-refractivity contribution in [2.75, 3.05) is 14.2 Å². The van der Waals surface area contributed by atoms with E-state index in [0.717, 1.165) is 40.3 Å². The molecule has 1 N–H and O–H groups in total. The Morgan fingerprint density at radius 3 is 2.56 bits per heavy atom. The molecule has 0 saturated heterocycles. The number of hydrazone groups is 1. The van der Waals surface area contributed by atoms with Crippen molar-refractivity contribution in [3.05, 3.63) is 76.6 Å². The van der Waals surface area contributed by atoms with Crippen LogP contribution < -0.4 is 10.1 Å². The van der Waals surface area contributed by atoms with Crippen LogP contribution in [0.1, 0.15) is 60.7 Å². The molecule has 3 aromatic rings. The highest BCUT2D eigenvalue weighted by Gasteiger charge is 2.28. The van der Waals surface area contributed by atoms with Crippen molar-refractivity contribution in [3.8, 4) is 11.4 Å². The van der Waals surface area contributed by atoms with Crippen LogP contribution in [0, 0.1) is 0 Å². The number of hydrogen-bond acceptors (Lipinski definition) is 4. The molecular weight excluding hydrogens is 426 g/mol. The number of hydrogen-bond donors (Lipinski definition) is 1. The molecule has 2 aromatic carbocycles. The van der Waals surface area contributed by atoms with Gasteiger partial charge in [0.25, 0.3) is 0 Å². The van der Waals surface area contributed by atoms with Crippen molar-refractivity contribution in [3.63, 3.8) is 0 Å². The second-order valence-electron chi connectivity index (χ2n) is 9.07. The summed E-state index contributed by atoms with van der Waals surface area (Å²) >= 11 is 0. The molecule has 7 nitrogen and oxygen atoms in total. The molecular formula is C27H31N5O2. The van der Waals surface area contributed by atoms with Gasteiger partial charge < -0.3 is 10.1 Å². The zero-order valence-corrected chi connectivity index (χ0v) is 20.2. The first-order valence-electron chi connectivity index (χ1n) is 12.0. The van der Waals surface area contributed by atoms with Gasteiger partial charge in [-0.25, -0.2) is 14.5 Å². The van der Waals surface area contributed by atoms with Gasteiger partial charge in [0.15, 0.2) is 0 Å². The first-order chi connectivity index (χ1) is 16.5. The molecule has 2 amide bonds. The molecule has 0 bridgehead atoms. The summed E-state index contributed by atoms with van der Waals surface area (Å²) in [7, 11) is 3.29. The highest BCUT2D eigenvalue weighted by Crippen LogP contribution is 2.39. The van der Waals surface area contributed by atoms with Crippen molar-refractivity contribution in [1.29, 1.82) is 0 Å². The Morgan fingerprint density at radius 2 is 1.91 bits per heavy atom. The Hall–Kier alpha value is -3.61. The van der Waals surface area contributed by atoms with E-state index in [9.17, 15) is 4.79 Å². The lowest BCUT2D eigenvalue weighted by Gasteiger charge is -2.22. The topological polar surface area (TPSA) is 71.8 Å². The average Bonchev–Trinajstić information content (AvgIpc) is 3.65. The number of ether oxygens (including phenoxy) is 1. The number of carbonyl (C=O) groups excluding carboxylic acids is 1. The molecule has 0 radical (unpaired) electrons. The fourth-order valence-electron chi connectivity index (χ4n) is 4.57. The molecule has 1 saturated carbocycles. The van der Waals surface area contributed by atoms with Gasteiger partial charge in [-0.3, -0.25) is 0 Å². The Morgan fingerprint density at radius 1 is 1.15 bits per heavy atom. The Balaban J connectivity index is 1.57. The number of aromatic nitrogens is 2. The van der Waals surface area contributed by atoms with E-state index in [0.29, 0.717) is 12.3 Å². The number of nitrogens with one attached hydrogen (secondary N) is 1.